The highest BCUT2D eigenvalue weighted by atomic mass is 16.4. The monoisotopic (exact) mass is 292 g/mol. The van der Waals surface area contributed by atoms with E-state index in [2.05, 4.69) is 10.6 Å². The Labute approximate surface area is 121 Å². The van der Waals surface area contributed by atoms with Crippen LogP contribution in [0.2, 0.25) is 0 Å². The maximum absolute atomic E-state index is 11.9. The number of rotatable bonds is 6. The third kappa shape index (κ3) is 3.71. The van der Waals surface area contributed by atoms with Gasteiger partial charge in [0.2, 0.25) is 5.91 Å². The van der Waals surface area contributed by atoms with Gasteiger partial charge in [-0.3, -0.25) is 9.59 Å². The highest BCUT2D eigenvalue weighted by Crippen LogP contribution is 2.33. The molecule has 1 amide bonds. The zero-order chi connectivity index (χ0) is 15.4. The number of carbonyl (C=O) groups is 3. The second kappa shape index (κ2) is 6.25. The standard InChI is InChI=1S/C14H16N2O5/c17-12(16-11(14(20)21)6-13(18)19)5-8-7-15-10-4-2-1-3-9(8)10/h1-4,8,11,15H,5-7H2,(H,16,17)(H,18,19)(H,20,21). The van der Waals surface area contributed by atoms with Crippen LogP contribution in [0.4, 0.5) is 5.69 Å². The predicted octanol–water partition coefficient (Wildman–Crippen LogP) is 0.630. The summed E-state index contributed by atoms with van der Waals surface area (Å²) in [5.41, 5.74) is 1.98. The lowest BCUT2D eigenvalue weighted by Gasteiger charge is -2.15. The molecule has 0 bridgehead atoms. The molecule has 0 fully saturated rings. The van der Waals surface area contributed by atoms with Crippen LogP contribution in [0, 0.1) is 0 Å². The zero-order valence-corrected chi connectivity index (χ0v) is 11.2. The van der Waals surface area contributed by atoms with Gasteiger partial charge in [-0.15, -0.1) is 0 Å². The summed E-state index contributed by atoms with van der Waals surface area (Å²) in [4.78, 5) is 33.4. The molecule has 1 heterocycles. The molecule has 0 saturated carbocycles. The van der Waals surface area contributed by atoms with Crippen molar-refractivity contribution >= 4 is 23.5 Å². The van der Waals surface area contributed by atoms with E-state index >= 15 is 0 Å². The second-order valence-electron chi connectivity index (χ2n) is 4.93. The Morgan fingerprint density at radius 2 is 2.00 bits per heavy atom. The number of aliphatic carboxylic acids is 2. The van der Waals surface area contributed by atoms with Crippen LogP contribution in [0.25, 0.3) is 0 Å². The van der Waals surface area contributed by atoms with E-state index in [1.54, 1.807) is 0 Å². The summed E-state index contributed by atoms with van der Waals surface area (Å²) in [7, 11) is 0. The Morgan fingerprint density at radius 1 is 1.29 bits per heavy atom. The molecule has 112 valence electrons. The molecule has 0 aliphatic carbocycles. The van der Waals surface area contributed by atoms with Crippen molar-refractivity contribution in [1.29, 1.82) is 0 Å². The second-order valence-corrected chi connectivity index (χ2v) is 4.93. The maximum Gasteiger partial charge on any atom is 0.326 e. The Balaban J connectivity index is 1.96. The molecule has 4 N–H and O–H groups in total. The Kier molecular flexibility index (Phi) is 4.42. The van der Waals surface area contributed by atoms with Crippen LogP contribution in [-0.4, -0.2) is 40.6 Å². The Hall–Kier alpha value is -2.57. The summed E-state index contributed by atoms with van der Waals surface area (Å²) in [6, 6.07) is 6.19. The Bertz CT molecular complexity index is 572. The van der Waals surface area contributed by atoms with Crippen LogP contribution in [0.15, 0.2) is 24.3 Å². The van der Waals surface area contributed by atoms with Gasteiger partial charge in [0.15, 0.2) is 0 Å². The number of nitrogens with one attached hydrogen (secondary N) is 2. The molecule has 0 saturated heterocycles. The summed E-state index contributed by atoms with van der Waals surface area (Å²) < 4.78 is 0. The number of carbonyl (C=O) groups excluding carboxylic acids is 1. The van der Waals surface area contributed by atoms with E-state index in [0.717, 1.165) is 11.3 Å². The third-order valence-corrected chi connectivity index (χ3v) is 3.38. The summed E-state index contributed by atoms with van der Waals surface area (Å²) in [5.74, 6) is -3.13. The minimum absolute atomic E-state index is 0.0412. The molecule has 0 radical (unpaired) electrons. The number of anilines is 1. The van der Waals surface area contributed by atoms with Gasteiger partial charge >= 0.3 is 11.9 Å². The molecule has 1 aliphatic heterocycles. The van der Waals surface area contributed by atoms with Crippen molar-refractivity contribution in [2.45, 2.75) is 24.8 Å². The molecule has 1 aromatic rings. The van der Waals surface area contributed by atoms with Crippen LogP contribution >= 0.6 is 0 Å². The summed E-state index contributed by atoms with van der Waals surface area (Å²) in [5, 5.41) is 23.0. The van der Waals surface area contributed by atoms with Gasteiger partial charge in [0, 0.05) is 24.6 Å². The average Bonchev–Trinajstić information content (AvgIpc) is 2.81. The van der Waals surface area contributed by atoms with E-state index in [9.17, 15) is 14.4 Å². The maximum atomic E-state index is 11.9. The first-order valence-electron chi connectivity index (χ1n) is 6.54. The van der Waals surface area contributed by atoms with Crippen molar-refractivity contribution in [1.82, 2.24) is 5.32 Å². The molecule has 2 rings (SSSR count). The van der Waals surface area contributed by atoms with E-state index in [1.807, 2.05) is 24.3 Å². The number of fused-ring (bicyclic) bond motifs is 1. The highest BCUT2D eigenvalue weighted by Gasteiger charge is 2.27. The fraction of sp³-hybridized carbons (Fsp3) is 0.357. The molecule has 21 heavy (non-hydrogen) atoms. The molecular weight excluding hydrogens is 276 g/mol. The first-order chi connectivity index (χ1) is 9.97. The van der Waals surface area contributed by atoms with Crippen molar-refractivity contribution in [2.75, 3.05) is 11.9 Å². The third-order valence-electron chi connectivity index (χ3n) is 3.38. The number of carboxylic acids is 2. The van der Waals surface area contributed by atoms with Crippen LogP contribution in [-0.2, 0) is 14.4 Å². The van der Waals surface area contributed by atoms with Gasteiger partial charge in [-0.25, -0.2) is 4.79 Å². The number of hydrogen-bond acceptors (Lipinski definition) is 4. The molecular formula is C14H16N2O5. The lowest BCUT2D eigenvalue weighted by molar-refractivity contribution is -0.147. The number of hydrogen-bond donors (Lipinski definition) is 4. The fourth-order valence-corrected chi connectivity index (χ4v) is 2.39. The van der Waals surface area contributed by atoms with Crippen molar-refractivity contribution in [3.05, 3.63) is 29.8 Å². The molecule has 1 aromatic carbocycles. The first kappa shape index (κ1) is 14.8. The molecule has 7 heteroatoms. The molecule has 1 aliphatic rings. The number of benzene rings is 1. The topological polar surface area (TPSA) is 116 Å². The van der Waals surface area contributed by atoms with Crippen molar-refractivity contribution < 1.29 is 24.6 Å². The summed E-state index contributed by atoms with van der Waals surface area (Å²) in [6.45, 7) is 0.601. The van der Waals surface area contributed by atoms with Gasteiger partial charge in [-0.2, -0.15) is 0 Å². The number of amides is 1. The minimum atomic E-state index is -1.40. The SMILES string of the molecule is O=C(O)CC(NC(=O)CC1CNc2ccccc21)C(=O)O. The molecule has 0 spiro atoms. The van der Waals surface area contributed by atoms with Gasteiger partial charge in [-0.05, 0) is 11.6 Å². The molecule has 2 unspecified atom stereocenters. The van der Waals surface area contributed by atoms with Crippen LogP contribution in [0.5, 0.6) is 0 Å². The molecule has 0 aromatic heterocycles. The van der Waals surface area contributed by atoms with Crippen molar-refractivity contribution in [3.63, 3.8) is 0 Å². The normalized spacial score (nSPS) is 17.4. The van der Waals surface area contributed by atoms with Gasteiger partial charge < -0.3 is 20.8 Å². The van der Waals surface area contributed by atoms with E-state index < -0.39 is 30.3 Å². The van der Waals surface area contributed by atoms with Gasteiger partial charge in [0.1, 0.15) is 6.04 Å². The largest absolute Gasteiger partial charge is 0.481 e. The van der Waals surface area contributed by atoms with Gasteiger partial charge in [-0.1, -0.05) is 18.2 Å². The van der Waals surface area contributed by atoms with Crippen LogP contribution in [0.3, 0.4) is 0 Å². The van der Waals surface area contributed by atoms with Crippen molar-refractivity contribution in [2.24, 2.45) is 0 Å². The number of carboxylic acid groups (broad SMARTS) is 2. The van der Waals surface area contributed by atoms with E-state index in [0.29, 0.717) is 6.54 Å². The molecule has 7 nitrogen and oxygen atoms in total. The fourth-order valence-electron chi connectivity index (χ4n) is 2.39. The quantitative estimate of drug-likeness (QED) is 0.611. The van der Waals surface area contributed by atoms with Gasteiger partial charge in [0.05, 0.1) is 6.42 Å². The average molecular weight is 292 g/mol. The predicted molar refractivity (Wildman–Crippen MR) is 74.1 cm³/mol. The zero-order valence-electron chi connectivity index (χ0n) is 11.2. The lowest BCUT2D eigenvalue weighted by atomic mass is 9.97. The molecule has 2 atom stereocenters. The van der Waals surface area contributed by atoms with E-state index in [1.165, 1.54) is 0 Å². The van der Waals surface area contributed by atoms with Crippen LogP contribution in [0.1, 0.15) is 24.3 Å². The lowest BCUT2D eigenvalue weighted by Crippen LogP contribution is -2.42. The van der Waals surface area contributed by atoms with E-state index in [4.69, 9.17) is 10.2 Å². The first-order valence-corrected chi connectivity index (χ1v) is 6.54. The Morgan fingerprint density at radius 3 is 2.67 bits per heavy atom. The minimum Gasteiger partial charge on any atom is -0.481 e. The smallest absolute Gasteiger partial charge is 0.326 e. The van der Waals surface area contributed by atoms with E-state index in [-0.39, 0.29) is 12.3 Å². The summed E-state index contributed by atoms with van der Waals surface area (Å²) in [6.07, 6.45) is -0.520. The summed E-state index contributed by atoms with van der Waals surface area (Å²) >= 11 is 0. The van der Waals surface area contributed by atoms with Crippen molar-refractivity contribution in [3.8, 4) is 0 Å². The number of para-hydroxylation sites is 1. The van der Waals surface area contributed by atoms with Gasteiger partial charge in [0.25, 0.3) is 0 Å². The highest BCUT2D eigenvalue weighted by molar-refractivity contribution is 5.87. The van der Waals surface area contributed by atoms with Crippen LogP contribution < -0.4 is 10.6 Å².